The lowest BCUT2D eigenvalue weighted by Crippen LogP contribution is -2.43. The van der Waals surface area contributed by atoms with E-state index in [9.17, 15) is 14.0 Å². The fraction of sp³-hybridized carbons (Fsp3) is 0.462. The summed E-state index contributed by atoms with van der Waals surface area (Å²) in [6, 6.07) is 4.42. The van der Waals surface area contributed by atoms with Crippen molar-refractivity contribution < 1.29 is 23.1 Å². The summed E-state index contributed by atoms with van der Waals surface area (Å²) in [4.78, 5) is 25.0. The number of hydrogen-bond acceptors (Lipinski definition) is 4. The van der Waals surface area contributed by atoms with Gasteiger partial charge < -0.3 is 15.8 Å². The fourth-order valence-corrected chi connectivity index (χ4v) is 4.02. The van der Waals surface area contributed by atoms with E-state index < -0.39 is 29.8 Å². The van der Waals surface area contributed by atoms with Crippen molar-refractivity contribution in [2.24, 2.45) is 5.73 Å². The van der Waals surface area contributed by atoms with Gasteiger partial charge in [0, 0.05) is 5.56 Å². The second-order valence-electron chi connectivity index (χ2n) is 8.43. The second-order valence-corrected chi connectivity index (χ2v) is 8.43. The van der Waals surface area contributed by atoms with E-state index in [1.807, 2.05) is 6.92 Å². The monoisotopic (exact) mass is 460 g/mol. The molecule has 7 heteroatoms. The van der Waals surface area contributed by atoms with Crippen LogP contribution in [-0.4, -0.2) is 24.5 Å². The lowest BCUT2D eigenvalue weighted by Gasteiger charge is -2.23. The van der Waals surface area contributed by atoms with E-state index >= 15 is 4.39 Å². The van der Waals surface area contributed by atoms with Crippen LogP contribution in [0.3, 0.4) is 0 Å². The average molecular weight is 461 g/mol. The maximum atomic E-state index is 15.3. The minimum absolute atomic E-state index is 0.164. The molecule has 0 radical (unpaired) electrons. The summed E-state index contributed by atoms with van der Waals surface area (Å²) in [7, 11) is 0. The van der Waals surface area contributed by atoms with Crippen LogP contribution in [0.25, 0.3) is 11.1 Å². The molecule has 0 saturated carbocycles. The van der Waals surface area contributed by atoms with Crippen molar-refractivity contribution >= 4 is 11.9 Å². The lowest BCUT2D eigenvalue weighted by molar-refractivity contribution is -0.143. The number of amides is 1. The molecule has 1 unspecified atom stereocenters. The van der Waals surface area contributed by atoms with E-state index in [0.717, 1.165) is 18.4 Å². The molecule has 0 aliphatic heterocycles. The summed E-state index contributed by atoms with van der Waals surface area (Å²) in [6.07, 6.45) is 1.92. The van der Waals surface area contributed by atoms with Gasteiger partial charge in [-0.05, 0) is 86.2 Å². The maximum Gasteiger partial charge on any atom is 0.308 e. The number of aryl methyl sites for hydroxylation is 3. The number of ether oxygens (including phenoxy) is 1. The highest BCUT2D eigenvalue weighted by molar-refractivity contribution is 5.83. The van der Waals surface area contributed by atoms with Crippen LogP contribution in [0.1, 0.15) is 67.8 Å². The molecule has 2 aromatic carbocycles. The van der Waals surface area contributed by atoms with Gasteiger partial charge in [0.25, 0.3) is 0 Å². The highest BCUT2D eigenvalue weighted by atomic mass is 19.1. The Morgan fingerprint density at radius 1 is 1.03 bits per heavy atom. The Labute approximate surface area is 194 Å². The maximum absolute atomic E-state index is 15.3. The van der Waals surface area contributed by atoms with Crippen LogP contribution >= 0.6 is 0 Å². The highest BCUT2D eigenvalue weighted by Gasteiger charge is 2.26. The van der Waals surface area contributed by atoms with E-state index in [0.29, 0.717) is 28.7 Å². The van der Waals surface area contributed by atoms with Crippen LogP contribution in [0.5, 0.6) is 0 Å². The number of carbonyl (C=O) groups excluding carboxylic acids is 2. The summed E-state index contributed by atoms with van der Waals surface area (Å²) in [5, 5.41) is 2.75. The van der Waals surface area contributed by atoms with E-state index in [4.69, 9.17) is 10.5 Å². The quantitative estimate of drug-likeness (QED) is 0.479. The zero-order valence-electron chi connectivity index (χ0n) is 20.1. The molecular weight excluding hydrogens is 426 g/mol. The zero-order chi connectivity index (χ0) is 24.7. The number of unbranched alkanes of at least 4 members (excludes halogenated alkanes) is 1. The molecule has 2 atom stereocenters. The fourth-order valence-electron chi connectivity index (χ4n) is 4.02. The number of carbonyl (C=O) groups is 2. The largest absolute Gasteiger partial charge is 0.466 e. The molecule has 180 valence electrons. The van der Waals surface area contributed by atoms with E-state index in [1.54, 1.807) is 39.8 Å². The Morgan fingerprint density at radius 2 is 1.67 bits per heavy atom. The summed E-state index contributed by atoms with van der Waals surface area (Å²) >= 11 is 0. The molecular formula is C26H34F2N2O3. The normalized spacial score (nSPS) is 12.8. The van der Waals surface area contributed by atoms with Gasteiger partial charge >= 0.3 is 5.97 Å². The Bertz CT molecular complexity index is 984. The third kappa shape index (κ3) is 6.84. The molecule has 0 fully saturated rings. The first-order valence-electron chi connectivity index (χ1n) is 11.4. The number of esters is 1. The highest BCUT2D eigenvalue weighted by Crippen LogP contribution is 2.33. The average Bonchev–Trinajstić information content (AvgIpc) is 2.73. The van der Waals surface area contributed by atoms with Gasteiger partial charge in [-0.2, -0.15) is 0 Å². The third-order valence-electron chi connectivity index (χ3n) is 5.64. The van der Waals surface area contributed by atoms with E-state index in [2.05, 4.69) is 5.32 Å². The first-order valence-corrected chi connectivity index (χ1v) is 11.4. The van der Waals surface area contributed by atoms with Gasteiger partial charge in [-0.15, -0.1) is 0 Å². The van der Waals surface area contributed by atoms with Gasteiger partial charge in [-0.25, -0.2) is 8.78 Å². The number of rotatable bonds is 10. The van der Waals surface area contributed by atoms with E-state index in [1.165, 1.54) is 12.1 Å². The Kier molecular flexibility index (Phi) is 9.53. The molecule has 0 bridgehead atoms. The topological polar surface area (TPSA) is 81.4 Å². The van der Waals surface area contributed by atoms with Crippen molar-refractivity contribution in [3.05, 3.63) is 58.2 Å². The van der Waals surface area contributed by atoms with E-state index in [-0.39, 0.29) is 24.4 Å². The number of halogens is 2. The summed E-state index contributed by atoms with van der Waals surface area (Å²) in [5.74, 6) is -1.87. The molecule has 0 saturated heterocycles. The minimum Gasteiger partial charge on any atom is -0.466 e. The smallest absolute Gasteiger partial charge is 0.308 e. The van der Waals surface area contributed by atoms with Crippen molar-refractivity contribution in [3.63, 3.8) is 0 Å². The summed E-state index contributed by atoms with van der Waals surface area (Å²) < 4.78 is 34.2. The SMILES string of the molecule is CCCCC(N)C(=O)N[C@@H](CC(=O)OCC)c1cc(-c2c(C)cc(F)cc2C)cc(C)c1F. The number of hydrogen-bond donors (Lipinski definition) is 2. The van der Waals surface area contributed by atoms with Crippen molar-refractivity contribution in [3.8, 4) is 11.1 Å². The van der Waals surface area contributed by atoms with Crippen LogP contribution in [0, 0.1) is 32.4 Å². The van der Waals surface area contributed by atoms with Crippen molar-refractivity contribution in [1.82, 2.24) is 5.32 Å². The Balaban J connectivity index is 2.53. The first kappa shape index (κ1) is 26.5. The molecule has 0 aromatic heterocycles. The third-order valence-corrected chi connectivity index (χ3v) is 5.64. The number of nitrogens with two attached hydrogens (primary N) is 1. The Morgan fingerprint density at radius 3 is 2.24 bits per heavy atom. The van der Waals surface area contributed by atoms with Gasteiger partial charge in [0.1, 0.15) is 11.6 Å². The van der Waals surface area contributed by atoms with Gasteiger partial charge in [0.15, 0.2) is 0 Å². The predicted molar refractivity (Wildman–Crippen MR) is 126 cm³/mol. The van der Waals surface area contributed by atoms with Gasteiger partial charge in [0.2, 0.25) is 5.91 Å². The van der Waals surface area contributed by atoms with Crippen LogP contribution in [0.15, 0.2) is 24.3 Å². The predicted octanol–water partition coefficient (Wildman–Crippen LogP) is 5.19. The van der Waals surface area contributed by atoms with Crippen LogP contribution in [0.4, 0.5) is 8.78 Å². The molecule has 2 aromatic rings. The van der Waals surface area contributed by atoms with Crippen LogP contribution < -0.4 is 11.1 Å². The molecule has 0 aliphatic carbocycles. The lowest BCUT2D eigenvalue weighted by atomic mass is 9.90. The molecule has 0 aliphatic rings. The zero-order valence-corrected chi connectivity index (χ0v) is 20.1. The number of benzene rings is 2. The van der Waals surface area contributed by atoms with Gasteiger partial charge in [-0.3, -0.25) is 9.59 Å². The van der Waals surface area contributed by atoms with Gasteiger partial charge in [0.05, 0.1) is 25.1 Å². The molecule has 5 nitrogen and oxygen atoms in total. The van der Waals surface area contributed by atoms with Crippen molar-refractivity contribution in [2.45, 2.75) is 72.4 Å². The minimum atomic E-state index is -0.955. The molecule has 0 heterocycles. The van der Waals surface area contributed by atoms with Crippen LogP contribution in [0.2, 0.25) is 0 Å². The molecule has 2 rings (SSSR count). The molecule has 3 N–H and O–H groups in total. The first-order chi connectivity index (χ1) is 15.6. The standard InChI is InChI=1S/C26H34F2N2O3/c1-6-8-9-21(29)26(32)30-22(14-23(31)33-7-2)20-13-18(10-17(5)25(20)28)24-15(3)11-19(27)12-16(24)4/h10-13,21-22H,6-9,14,29H2,1-5H3,(H,30,32)/t21?,22-/m0/s1. The van der Waals surface area contributed by atoms with Gasteiger partial charge in [-0.1, -0.05) is 19.8 Å². The summed E-state index contributed by atoms with van der Waals surface area (Å²) in [6.45, 7) is 9.04. The number of nitrogens with one attached hydrogen (secondary N) is 1. The Hall–Kier alpha value is -2.80. The summed E-state index contributed by atoms with van der Waals surface area (Å²) in [5.41, 5.74) is 9.39. The molecule has 0 spiro atoms. The van der Waals surface area contributed by atoms with Crippen LogP contribution in [-0.2, 0) is 14.3 Å². The van der Waals surface area contributed by atoms with Crippen molar-refractivity contribution in [1.29, 1.82) is 0 Å². The second kappa shape index (κ2) is 11.9. The molecule has 1 amide bonds. The van der Waals surface area contributed by atoms with Crippen molar-refractivity contribution in [2.75, 3.05) is 6.61 Å². The molecule has 33 heavy (non-hydrogen) atoms.